The first-order chi connectivity index (χ1) is 7.33. The molecule has 0 N–H and O–H groups in total. The topological polar surface area (TPSA) is 44.1 Å². The molecule has 2 unspecified atom stereocenters. The SMILES string of the molecule is N#CCN1CCCCC1C1CCCC1=O. The van der Waals surface area contributed by atoms with E-state index >= 15 is 0 Å². The van der Waals surface area contributed by atoms with E-state index in [-0.39, 0.29) is 5.92 Å². The van der Waals surface area contributed by atoms with E-state index in [2.05, 4.69) is 11.0 Å². The van der Waals surface area contributed by atoms with Gasteiger partial charge in [-0.05, 0) is 32.2 Å². The molecule has 2 rings (SSSR count). The molecule has 3 heteroatoms. The first kappa shape index (κ1) is 10.6. The summed E-state index contributed by atoms with van der Waals surface area (Å²) < 4.78 is 0. The number of carbonyl (C=O) groups excluding carboxylic acids is 1. The molecule has 0 aromatic carbocycles. The van der Waals surface area contributed by atoms with Gasteiger partial charge in [0.2, 0.25) is 0 Å². The van der Waals surface area contributed by atoms with Crippen LogP contribution < -0.4 is 0 Å². The minimum absolute atomic E-state index is 0.235. The number of nitrogens with zero attached hydrogens (tertiary/aromatic N) is 2. The first-order valence-electron chi connectivity index (χ1n) is 5.96. The normalized spacial score (nSPS) is 32.9. The second-order valence-electron chi connectivity index (χ2n) is 4.66. The second-order valence-corrected chi connectivity index (χ2v) is 4.66. The smallest absolute Gasteiger partial charge is 0.137 e. The molecule has 1 saturated carbocycles. The van der Waals surface area contributed by atoms with Crippen LogP contribution in [0.2, 0.25) is 0 Å². The van der Waals surface area contributed by atoms with Crippen LogP contribution in [-0.4, -0.2) is 29.8 Å². The molecule has 0 amide bonds. The number of rotatable bonds is 2. The van der Waals surface area contributed by atoms with Crippen molar-refractivity contribution in [1.82, 2.24) is 4.90 Å². The highest BCUT2D eigenvalue weighted by Gasteiger charge is 2.36. The van der Waals surface area contributed by atoms with Crippen molar-refractivity contribution in [3.05, 3.63) is 0 Å². The van der Waals surface area contributed by atoms with E-state index in [1.54, 1.807) is 0 Å². The zero-order valence-corrected chi connectivity index (χ0v) is 9.11. The third-order valence-corrected chi connectivity index (χ3v) is 3.75. The van der Waals surface area contributed by atoms with Crippen molar-refractivity contribution < 1.29 is 4.79 Å². The Morgan fingerprint density at radius 2 is 2.20 bits per heavy atom. The monoisotopic (exact) mass is 206 g/mol. The van der Waals surface area contributed by atoms with Gasteiger partial charge in [-0.2, -0.15) is 5.26 Å². The predicted octanol–water partition coefficient (Wildman–Crippen LogP) is 1.73. The maximum absolute atomic E-state index is 11.7. The van der Waals surface area contributed by atoms with E-state index in [9.17, 15) is 4.79 Å². The molecule has 3 nitrogen and oxygen atoms in total. The van der Waals surface area contributed by atoms with Crippen molar-refractivity contribution in [2.75, 3.05) is 13.1 Å². The van der Waals surface area contributed by atoms with Gasteiger partial charge in [-0.3, -0.25) is 9.69 Å². The Balaban J connectivity index is 2.04. The van der Waals surface area contributed by atoms with E-state index in [0.717, 1.165) is 32.2 Å². The van der Waals surface area contributed by atoms with Gasteiger partial charge in [0, 0.05) is 18.4 Å². The summed E-state index contributed by atoms with van der Waals surface area (Å²) in [5.74, 6) is 0.670. The Morgan fingerprint density at radius 1 is 1.33 bits per heavy atom. The summed E-state index contributed by atoms with van der Waals surface area (Å²) in [4.78, 5) is 13.9. The fourth-order valence-electron chi connectivity index (χ4n) is 3.01. The van der Waals surface area contributed by atoms with Crippen LogP contribution in [0.1, 0.15) is 38.5 Å². The Kier molecular flexibility index (Phi) is 3.37. The lowest BCUT2D eigenvalue weighted by Crippen LogP contribution is -2.45. The van der Waals surface area contributed by atoms with Crippen LogP contribution in [0.3, 0.4) is 0 Å². The predicted molar refractivity (Wildman–Crippen MR) is 57.2 cm³/mol. The molecule has 2 fully saturated rings. The van der Waals surface area contributed by atoms with E-state index in [4.69, 9.17) is 5.26 Å². The second kappa shape index (κ2) is 4.76. The maximum atomic E-state index is 11.7. The minimum Gasteiger partial charge on any atom is -0.299 e. The van der Waals surface area contributed by atoms with Crippen molar-refractivity contribution in [1.29, 1.82) is 5.26 Å². The number of Topliss-reactive ketones (excluding diaryl/α,β-unsaturated/α-hetero) is 1. The van der Waals surface area contributed by atoms with Gasteiger partial charge >= 0.3 is 0 Å². The van der Waals surface area contributed by atoms with Gasteiger partial charge in [-0.15, -0.1) is 0 Å². The molecule has 2 aliphatic rings. The van der Waals surface area contributed by atoms with Crippen LogP contribution in [0.25, 0.3) is 0 Å². The molecular weight excluding hydrogens is 188 g/mol. The van der Waals surface area contributed by atoms with E-state index in [0.29, 0.717) is 18.4 Å². The molecule has 15 heavy (non-hydrogen) atoms. The lowest BCUT2D eigenvalue weighted by atomic mass is 9.88. The lowest BCUT2D eigenvalue weighted by Gasteiger charge is -2.37. The highest BCUT2D eigenvalue weighted by Crippen LogP contribution is 2.32. The minimum atomic E-state index is 0.235. The van der Waals surface area contributed by atoms with Gasteiger partial charge in [-0.25, -0.2) is 0 Å². The molecule has 0 aromatic rings. The fourth-order valence-corrected chi connectivity index (χ4v) is 3.01. The van der Waals surface area contributed by atoms with E-state index in [1.165, 1.54) is 12.8 Å². The molecule has 0 bridgehead atoms. The number of piperidine rings is 1. The average Bonchev–Trinajstić information content (AvgIpc) is 2.66. The quantitative estimate of drug-likeness (QED) is 0.646. The third kappa shape index (κ3) is 2.21. The Morgan fingerprint density at radius 3 is 2.87 bits per heavy atom. The maximum Gasteiger partial charge on any atom is 0.137 e. The Labute approximate surface area is 91.1 Å². The molecule has 0 radical (unpaired) electrons. The number of nitriles is 1. The fraction of sp³-hybridized carbons (Fsp3) is 0.833. The number of ketones is 1. The summed E-state index contributed by atoms with van der Waals surface area (Å²) in [6.07, 6.45) is 6.38. The van der Waals surface area contributed by atoms with Crippen molar-refractivity contribution in [2.45, 2.75) is 44.6 Å². The van der Waals surface area contributed by atoms with Crippen LogP contribution >= 0.6 is 0 Å². The summed E-state index contributed by atoms with van der Waals surface area (Å²) in [5, 5.41) is 8.77. The largest absolute Gasteiger partial charge is 0.299 e. The summed E-state index contributed by atoms with van der Waals surface area (Å²) in [5.41, 5.74) is 0. The highest BCUT2D eigenvalue weighted by molar-refractivity contribution is 5.83. The van der Waals surface area contributed by atoms with Crippen molar-refractivity contribution in [2.24, 2.45) is 5.92 Å². The van der Waals surface area contributed by atoms with Crippen LogP contribution in [0.15, 0.2) is 0 Å². The number of hydrogen-bond donors (Lipinski definition) is 0. The summed E-state index contributed by atoms with van der Waals surface area (Å²) in [6.45, 7) is 1.50. The van der Waals surface area contributed by atoms with Crippen LogP contribution in [0, 0.1) is 17.2 Å². The number of likely N-dealkylation sites (tertiary alicyclic amines) is 1. The van der Waals surface area contributed by atoms with Gasteiger partial charge in [0.25, 0.3) is 0 Å². The van der Waals surface area contributed by atoms with Gasteiger partial charge in [-0.1, -0.05) is 6.42 Å². The third-order valence-electron chi connectivity index (χ3n) is 3.75. The van der Waals surface area contributed by atoms with E-state index in [1.807, 2.05) is 0 Å². The van der Waals surface area contributed by atoms with Crippen molar-refractivity contribution in [3.8, 4) is 6.07 Å². The van der Waals surface area contributed by atoms with E-state index < -0.39 is 0 Å². The molecule has 1 aliphatic carbocycles. The Bertz CT molecular complexity index is 282. The molecule has 2 atom stereocenters. The van der Waals surface area contributed by atoms with Gasteiger partial charge < -0.3 is 0 Å². The van der Waals surface area contributed by atoms with Crippen LogP contribution in [0.4, 0.5) is 0 Å². The van der Waals surface area contributed by atoms with Crippen LogP contribution in [0.5, 0.6) is 0 Å². The lowest BCUT2D eigenvalue weighted by molar-refractivity contribution is -0.123. The number of carbonyl (C=O) groups is 1. The molecular formula is C12H18N2O. The standard InChI is InChI=1S/C12H18N2O/c13-7-9-14-8-2-1-5-11(14)10-4-3-6-12(10)15/h10-11H,1-6,8-9H2. The average molecular weight is 206 g/mol. The zero-order chi connectivity index (χ0) is 10.7. The zero-order valence-electron chi connectivity index (χ0n) is 9.11. The molecule has 0 aromatic heterocycles. The highest BCUT2D eigenvalue weighted by atomic mass is 16.1. The summed E-state index contributed by atoms with van der Waals surface area (Å²) in [7, 11) is 0. The summed E-state index contributed by atoms with van der Waals surface area (Å²) >= 11 is 0. The summed E-state index contributed by atoms with van der Waals surface area (Å²) in [6, 6.07) is 2.59. The molecule has 0 spiro atoms. The van der Waals surface area contributed by atoms with Gasteiger partial charge in [0.15, 0.2) is 0 Å². The van der Waals surface area contributed by atoms with Crippen molar-refractivity contribution >= 4 is 5.78 Å². The van der Waals surface area contributed by atoms with Crippen LogP contribution in [-0.2, 0) is 4.79 Å². The number of hydrogen-bond acceptors (Lipinski definition) is 3. The molecule has 1 saturated heterocycles. The first-order valence-corrected chi connectivity index (χ1v) is 5.96. The molecule has 1 heterocycles. The van der Waals surface area contributed by atoms with Crippen molar-refractivity contribution in [3.63, 3.8) is 0 Å². The molecule has 1 aliphatic heterocycles. The molecule has 82 valence electrons. The Hall–Kier alpha value is -0.880. The van der Waals surface area contributed by atoms with Gasteiger partial charge in [0.1, 0.15) is 5.78 Å². The van der Waals surface area contributed by atoms with Gasteiger partial charge in [0.05, 0.1) is 12.6 Å².